The number of nitrogens with zero attached hydrogens (tertiary/aromatic N) is 1. The van der Waals surface area contributed by atoms with Crippen LogP contribution in [0.15, 0.2) is 41.0 Å². The maximum absolute atomic E-state index is 13.0. The molecule has 0 saturated heterocycles. The molecule has 6 heteroatoms. The van der Waals surface area contributed by atoms with Crippen LogP contribution < -0.4 is 5.32 Å². The first-order chi connectivity index (χ1) is 9.97. The highest BCUT2D eigenvalue weighted by atomic mass is 35.5. The quantitative estimate of drug-likeness (QED) is 0.919. The molecule has 0 spiro atoms. The molecule has 0 aliphatic heterocycles. The highest BCUT2D eigenvalue weighted by Gasteiger charge is 2.19. The third kappa shape index (κ3) is 4.06. The molecule has 21 heavy (non-hydrogen) atoms. The van der Waals surface area contributed by atoms with Crippen LogP contribution >= 0.6 is 11.6 Å². The standard InChI is InChI=1S/C15H16ClFN2O2/c1-10(19(2)9-12-4-3-7-21-12)15(20)18-14-6-5-11(17)8-13(14)16/h3-8,10H,9H2,1-2H3,(H,18,20)/t10-/m0/s1. The van der Waals surface area contributed by atoms with Gasteiger partial charge in [0.2, 0.25) is 5.91 Å². The lowest BCUT2D eigenvalue weighted by Crippen LogP contribution is -2.39. The van der Waals surface area contributed by atoms with Crippen LogP contribution in [-0.2, 0) is 11.3 Å². The second-order valence-electron chi connectivity index (χ2n) is 4.78. The number of anilines is 1. The van der Waals surface area contributed by atoms with Gasteiger partial charge in [0.1, 0.15) is 11.6 Å². The maximum atomic E-state index is 13.0. The minimum atomic E-state index is -0.444. The van der Waals surface area contributed by atoms with Gasteiger partial charge in [-0.25, -0.2) is 4.39 Å². The number of rotatable bonds is 5. The van der Waals surface area contributed by atoms with Crippen molar-refractivity contribution in [3.8, 4) is 0 Å². The van der Waals surface area contributed by atoms with Crippen LogP contribution in [0.2, 0.25) is 5.02 Å². The molecule has 1 aromatic carbocycles. The predicted molar refractivity (Wildman–Crippen MR) is 79.7 cm³/mol. The van der Waals surface area contributed by atoms with E-state index in [1.807, 2.05) is 18.0 Å². The molecule has 1 atom stereocenters. The van der Waals surface area contributed by atoms with Gasteiger partial charge in [0.15, 0.2) is 0 Å². The molecule has 1 amide bonds. The fourth-order valence-corrected chi connectivity index (χ4v) is 2.03. The summed E-state index contributed by atoms with van der Waals surface area (Å²) in [6.07, 6.45) is 1.59. The van der Waals surface area contributed by atoms with E-state index in [0.29, 0.717) is 12.2 Å². The molecule has 0 unspecified atom stereocenters. The van der Waals surface area contributed by atoms with E-state index in [1.54, 1.807) is 19.3 Å². The fraction of sp³-hybridized carbons (Fsp3) is 0.267. The lowest BCUT2D eigenvalue weighted by molar-refractivity contribution is -0.120. The van der Waals surface area contributed by atoms with Crippen molar-refractivity contribution in [2.45, 2.75) is 19.5 Å². The highest BCUT2D eigenvalue weighted by Crippen LogP contribution is 2.22. The van der Waals surface area contributed by atoms with Gasteiger partial charge in [-0.3, -0.25) is 9.69 Å². The molecular weight excluding hydrogens is 295 g/mol. The van der Waals surface area contributed by atoms with Gasteiger partial charge in [-0.2, -0.15) is 0 Å². The average Bonchev–Trinajstić information content (AvgIpc) is 2.93. The summed E-state index contributed by atoms with van der Waals surface area (Å²) >= 11 is 5.89. The number of carbonyl (C=O) groups excluding carboxylic acids is 1. The number of benzene rings is 1. The number of hydrogen-bond acceptors (Lipinski definition) is 3. The third-order valence-electron chi connectivity index (χ3n) is 3.21. The lowest BCUT2D eigenvalue weighted by Gasteiger charge is -2.23. The van der Waals surface area contributed by atoms with Crippen molar-refractivity contribution >= 4 is 23.2 Å². The molecule has 2 rings (SSSR count). The maximum Gasteiger partial charge on any atom is 0.241 e. The zero-order chi connectivity index (χ0) is 15.4. The number of nitrogens with one attached hydrogen (secondary N) is 1. The smallest absolute Gasteiger partial charge is 0.241 e. The lowest BCUT2D eigenvalue weighted by atomic mass is 10.2. The van der Waals surface area contributed by atoms with E-state index < -0.39 is 11.9 Å². The van der Waals surface area contributed by atoms with Crippen molar-refractivity contribution in [1.29, 1.82) is 0 Å². The summed E-state index contributed by atoms with van der Waals surface area (Å²) in [7, 11) is 1.82. The Bertz CT molecular complexity index is 616. The summed E-state index contributed by atoms with van der Waals surface area (Å²) in [5, 5.41) is 2.86. The first-order valence-electron chi connectivity index (χ1n) is 6.46. The second-order valence-corrected chi connectivity index (χ2v) is 5.19. The fourth-order valence-electron chi connectivity index (χ4n) is 1.81. The molecular formula is C15H16ClFN2O2. The Labute approximate surface area is 127 Å². The van der Waals surface area contributed by atoms with Crippen molar-refractivity contribution in [1.82, 2.24) is 4.90 Å². The Morgan fingerprint density at radius 2 is 2.24 bits per heavy atom. The van der Waals surface area contributed by atoms with Crippen molar-refractivity contribution in [2.24, 2.45) is 0 Å². The van der Waals surface area contributed by atoms with E-state index in [2.05, 4.69) is 5.32 Å². The molecule has 0 aliphatic carbocycles. The van der Waals surface area contributed by atoms with Crippen LogP contribution in [0.25, 0.3) is 0 Å². The monoisotopic (exact) mass is 310 g/mol. The SMILES string of the molecule is C[C@@H](C(=O)Nc1ccc(F)cc1Cl)N(C)Cc1ccco1. The molecule has 1 N–H and O–H groups in total. The van der Waals surface area contributed by atoms with Crippen LogP contribution in [-0.4, -0.2) is 23.9 Å². The van der Waals surface area contributed by atoms with Crippen molar-refractivity contribution in [2.75, 3.05) is 12.4 Å². The van der Waals surface area contributed by atoms with Gasteiger partial charge in [-0.05, 0) is 44.3 Å². The first kappa shape index (κ1) is 15.5. The van der Waals surface area contributed by atoms with Gasteiger partial charge in [0.25, 0.3) is 0 Å². The number of hydrogen-bond donors (Lipinski definition) is 1. The highest BCUT2D eigenvalue weighted by molar-refractivity contribution is 6.33. The number of likely N-dealkylation sites (N-methyl/N-ethyl adjacent to an activating group) is 1. The van der Waals surface area contributed by atoms with E-state index in [0.717, 1.165) is 11.8 Å². The Morgan fingerprint density at radius 1 is 1.48 bits per heavy atom. The minimum absolute atomic E-state index is 0.171. The number of furan rings is 1. The summed E-state index contributed by atoms with van der Waals surface area (Å²) in [5.41, 5.74) is 0.390. The average molecular weight is 311 g/mol. The minimum Gasteiger partial charge on any atom is -0.468 e. The van der Waals surface area contributed by atoms with Crippen LogP contribution in [0.1, 0.15) is 12.7 Å². The summed E-state index contributed by atoms with van der Waals surface area (Å²) in [4.78, 5) is 14.0. The molecule has 1 heterocycles. The Balaban J connectivity index is 1.98. The van der Waals surface area contributed by atoms with Crippen LogP contribution in [0.5, 0.6) is 0 Å². The van der Waals surface area contributed by atoms with Crippen LogP contribution in [0, 0.1) is 5.82 Å². The van der Waals surface area contributed by atoms with E-state index >= 15 is 0 Å². The van der Waals surface area contributed by atoms with Gasteiger partial charge in [0.05, 0.1) is 29.6 Å². The summed E-state index contributed by atoms with van der Waals surface area (Å²) in [6, 6.07) is 7.10. The summed E-state index contributed by atoms with van der Waals surface area (Å²) < 4.78 is 18.2. The predicted octanol–water partition coefficient (Wildman–Crippen LogP) is 3.53. The molecule has 0 saturated carbocycles. The second kappa shape index (κ2) is 6.74. The molecule has 4 nitrogen and oxygen atoms in total. The molecule has 1 aromatic heterocycles. The molecule has 2 aromatic rings. The number of amides is 1. The van der Waals surface area contributed by atoms with Crippen LogP contribution in [0.4, 0.5) is 10.1 Å². The van der Waals surface area contributed by atoms with E-state index in [9.17, 15) is 9.18 Å². The molecule has 0 radical (unpaired) electrons. The van der Waals surface area contributed by atoms with Crippen molar-refractivity contribution < 1.29 is 13.6 Å². The van der Waals surface area contributed by atoms with Gasteiger partial charge in [-0.15, -0.1) is 0 Å². The molecule has 0 bridgehead atoms. The molecule has 112 valence electrons. The molecule has 0 aliphatic rings. The van der Waals surface area contributed by atoms with E-state index in [4.69, 9.17) is 16.0 Å². The van der Waals surface area contributed by atoms with Gasteiger partial charge in [-0.1, -0.05) is 11.6 Å². The van der Waals surface area contributed by atoms with Gasteiger partial charge in [0, 0.05) is 0 Å². The van der Waals surface area contributed by atoms with Gasteiger partial charge >= 0.3 is 0 Å². The van der Waals surface area contributed by atoms with Crippen LogP contribution in [0.3, 0.4) is 0 Å². The number of carbonyl (C=O) groups is 1. The number of halogens is 2. The van der Waals surface area contributed by atoms with Gasteiger partial charge < -0.3 is 9.73 Å². The van der Waals surface area contributed by atoms with Crippen molar-refractivity contribution in [3.63, 3.8) is 0 Å². The summed E-state index contributed by atoms with van der Waals surface area (Å²) in [6.45, 7) is 2.29. The Morgan fingerprint density at radius 3 is 2.86 bits per heavy atom. The Hall–Kier alpha value is -1.85. The third-order valence-corrected chi connectivity index (χ3v) is 3.53. The Kier molecular flexibility index (Phi) is 4.98. The normalized spacial score (nSPS) is 12.4. The zero-order valence-electron chi connectivity index (χ0n) is 11.8. The topological polar surface area (TPSA) is 45.5 Å². The zero-order valence-corrected chi connectivity index (χ0v) is 12.5. The summed E-state index contributed by atoms with van der Waals surface area (Å²) in [5.74, 6) is 0.107. The van der Waals surface area contributed by atoms with E-state index in [1.165, 1.54) is 12.1 Å². The van der Waals surface area contributed by atoms with E-state index in [-0.39, 0.29) is 10.9 Å². The molecule has 0 fully saturated rings. The van der Waals surface area contributed by atoms with Crippen molar-refractivity contribution in [3.05, 3.63) is 53.2 Å². The largest absolute Gasteiger partial charge is 0.468 e. The first-order valence-corrected chi connectivity index (χ1v) is 6.83.